The minimum atomic E-state index is 0.664. The highest BCUT2D eigenvalue weighted by Gasteiger charge is 2.17. The number of benzene rings is 2. The van der Waals surface area contributed by atoms with Gasteiger partial charge in [-0.05, 0) is 30.3 Å². The van der Waals surface area contributed by atoms with E-state index in [9.17, 15) is 0 Å². The molecule has 0 unspecified atom stereocenters. The summed E-state index contributed by atoms with van der Waals surface area (Å²) in [4.78, 5) is 0.732. The largest absolute Gasteiger partial charge is 0.493 e. The number of hydrogen-bond acceptors (Lipinski definition) is 6. The molecule has 0 aliphatic carbocycles. The lowest BCUT2D eigenvalue weighted by molar-refractivity contribution is 0.355. The molecular formula is C17H13BrN4O2S. The van der Waals surface area contributed by atoms with Gasteiger partial charge < -0.3 is 9.47 Å². The third kappa shape index (κ3) is 2.77. The van der Waals surface area contributed by atoms with E-state index in [0.717, 1.165) is 25.6 Å². The Hall–Kier alpha value is -2.45. The van der Waals surface area contributed by atoms with Gasteiger partial charge in [-0.2, -0.15) is 9.61 Å². The van der Waals surface area contributed by atoms with Crippen molar-refractivity contribution < 1.29 is 9.47 Å². The van der Waals surface area contributed by atoms with Gasteiger partial charge in [0.2, 0.25) is 4.96 Å². The van der Waals surface area contributed by atoms with Crippen LogP contribution in [0.15, 0.2) is 46.9 Å². The van der Waals surface area contributed by atoms with Crippen molar-refractivity contribution in [2.24, 2.45) is 0 Å². The van der Waals surface area contributed by atoms with Gasteiger partial charge in [0.05, 0.1) is 14.2 Å². The molecule has 8 heteroatoms. The first kappa shape index (κ1) is 16.0. The summed E-state index contributed by atoms with van der Waals surface area (Å²) in [5.41, 5.74) is 1.88. The summed E-state index contributed by atoms with van der Waals surface area (Å²) in [6.07, 6.45) is 0. The molecular weight excluding hydrogens is 404 g/mol. The smallest absolute Gasteiger partial charge is 0.235 e. The molecule has 0 saturated carbocycles. The highest BCUT2D eigenvalue weighted by atomic mass is 79.9. The van der Waals surface area contributed by atoms with Crippen LogP contribution < -0.4 is 9.47 Å². The minimum absolute atomic E-state index is 0.664. The summed E-state index contributed by atoms with van der Waals surface area (Å²) >= 11 is 5.02. The van der Waals surface area contributed by atoms with Crippen LogP contribution in [0.25, 0.3) is 26.9 Å². The Morgan fingerprint density at radius 1 is 1.00 bits per heavy atom. The lowest BCUT2D eigenvalue weighted by Crippen LogP contribution is -1.93. The average Bonchev–Trinajstić information content (AvgIpc) is 3.22. The molecule has 0 spiro atoms. The van der Waals surface area contributed by atoms with Crippen LogP contribution in [-0.2, 0) is 0 Å². The van der Waals surface area contributed by atoms with Crippen LogP contribution in [0, 0.1) is 0 Å². The second kappa shape index (κ2) is 6.45. The van der Waals surface area contributed by atoms with E-state index in [2.05, 4.69) is 31.2 Å². The topological polar surface area (TPSA) is 61.5 Å². The molecule has 0 fully saturated rings. The quantitative estimate of drug-likeness (QED) is 0.496. The van der Waals surface area contributed by atoms with E-state index in [1.165, 1.54) is 11.3 Å². The first-order chi connectivity index (χ1) is 12.2. The number of fused-ring (bicyclic) bond motifs is 1. The zero-order valence-corrected chi connectivity index (χ0v) is 15.8. The number of rotatable bonds is 4. The molecule has 0 atom stereocenters. The third-order valence-electron chi connectivity index (χ3n) is 3.74. The maximum absolute atomic E-state index is 5.37. The van der Waals surface area contributed by atoms with Crippen molar-refractivity contribution in [3.05, 3.63) is 46.9 Å². The summed E-state index contributed by atoms with van der Waals surface area (Å²) in [7, 11) is 3.23. The van der Waals surface area contributed by atoms with Gasteiger partial charge in [0.25, 0.3) is 0 Å². The Balaban J connectivity index is 1.82. The maximum atomic E-state index is 5.37. The second-order valence-electron chi connectivity index (χ2n) is 5.17. The van der Waals surface area contributed by atoms with Gasteiger partial charge in [-0.3, -0.25) is 0 Å². The first-order valence-corrected chi connectivity index (χ1v) is 9.01. The Labute approximate surface area is 156 Å². The second-order valence-corrected chi connectivity index (χ2v) is 6.99. The van der Waals surface area contributed by atoms with Crippen molar-refractivity contribution in [1.82, 2.24) is 19.8 Å². The Kier molecular flexibility index (Phi) is 4.14. The number of ether oxygens (including phenoxy) is 2. The van der Waals surface area contributed by atoms with Gasteiger partial charge in [0.15, 0.2) is 17.3 Å². The van der Waals surface area contributed by atoms with Crippen molar-refractivity contribution in [1.29, 1.82) is 0 Å². The van der Waals surface area contributed by atoms with E-state index < -0.39 is 0 Å². The first-order valence-electron chi connectivity index (χ1n) is 7.41. The number of aromatic nitrogens is 4. The molecule has 2 aromatic carbocycles. The summed E-state index contributed by atoms with van der Waals surface area (Å²) < 4.78 is 13.4. The minimum Gasteiger partial charge on any atom is -0.493 e. The highest BCUT2D eigenvalue weighted by Crippen LogP contribution is 2.35. The zero-order valence-electron chi connectivity index (χ0n) is 13.4. The lowest BCUT2D eigenvalue weighted by atomic mass is 10.2. The molecule has 0 aliphatic heterocycles. The van der Waals surface area contributed by atoms with E-state index in [0.29, 0.717) is 17.3 Å². The monoisotopic (exact) mass is 416 g/mol. The van der Waals surface area contributed by atoms with Crippen LogP contribution in [0.4, 0.5) is 0 Å². The van der Waals surface area contributed by atoms with Crippen LogP contribution in [-0.4, -0.2) is 34.0 Å². The van der Waals surface area contributed by atoms with E-state index in [1.54, 1.807) is 18.7 Å². The molecule has 4 aromatic rings. The number of halogens is 1. The molecule has 25 heavy (non-hydrogen) atoms. The zero-order chi connectivity index (χ0) is 17.4. The van der Waals surface area contributed by atoms with E-state index in [-0.39, 0.29) is 0 Å². The summed E-state index contributed by atoms with van der Waals surface area (Å²) in [6, 6.07) is 13.6. The fraction of sp³-hybridized carbons (Fsp3) is 0.118. The van der Waals surface area contributed by atoms with Gasteiger partial charge in [-0.15, -0.1) is 10.2 Å². The molecule has 0 N–H and O–H groups in total. The van der Waals surface area contributed by atoms with E-state index in [1.807, 2.05) is 42.5 Å². The van der Waals surface area contributed by atoms with Crippen molar-refractivity contribution in [3.8, 4) is 33.5 Å². The summed E-state index contributed by atoms with van der Waals surface area (Å²) in [5, 5.41) is 14.0. The highest BCUT2D eigenvalue weighted by molar-refractivity contribution is 9.10. The number of methoxy groups -OCH3 is 2. The molecule has 0 saturated heterocycles. The SMILES string of the molecule is COc1ccc(-c2nn3c(-c4ccccc4Br)nnc3s2)cc1OC. The third-order valence-corrected chi connectivity index (χ3v) is 5.38. The maximum Gasteiger partial charge on any atom is 0.235 e. The Morgan fingerprint density at radius 3 is 2.56 bits per heavy atom. The molecule has 6 nitrogen and oxygen atoms in total. The summed E-state index contributed by atoms with van der Waals surface area (Å²) in [5.74, 6) is 2.05. The lowest BCUT2D eigenvalue weighted by Gasteiger charge is -2.07. The predicted octanol–water partition coefficient (Wildman–Crippen LogP) is 4.30. The number of hydrogen-bond donors (Lipinski definition) is 0. The molecule has 4 rings (SSSR count). The van der Waals surface area contributed by atoms with Crippen LogP contribution in [0.2, 0.25) is 0 Å². The van der Waals surface area contributed by atoms with E-state index in [4.69, 9.17) is 9.47 Å². The molecule has 2 heterocycles. The predicted molar refractivity (Wildman–Crippen MR) is 100 cm³/mol. The number of nitrogens with zero attached hydrogens (tertiary/aromatic N) is 4. The van der Waals surface area contributed by atoms with Gasteiger partial charge in [0, 0.05) is 15.6 Å². The van der Waals surface area contributed by atoms with Crippen LogP contribution in [0.5, 0.6) is 11.5 Å². The van der Waals surface area contributed by atoms with Crippen LogP contribution >= 0.6 is 27.3 Å². The fourth-order valence-corrected chi connectivity index (χ4v) is 3.81. The molecule has 0 amide bonds. The van der Waals surface area contributed by atoms with E-state index >= 15 is 0 Å². The normalized spacial score (nSPS) is 11.0. The van der Waals surface area contributed by atoms with Crippen LogP contribution in [0.3, 0.4) is 0 Å². The molecule has 0 aliphatic rings. The van der Waals surface area contributed by atoms with Crippen molar-refractivity contribution in [3.63, 3.8) is 0 Å². The molecule has 0 radical (unpaired) electrons. The fourth-order valence-electron chi connectivity index (χ4n) is 2.51. The van der Waals surface area contributed by atoms with Crippen LogP contribution in [0.1, 0.15) is 0 Å². The summed E-state index contributed by atoms with van der Waals surface area (Å²) in [6.45, 7) is 0. The van der Waals surface area contributed by atoms with Gasteiger partial charge in [0.1, 0.15) is 5.01 Å². The molecule has 126 valence electrons. The molecule has 0 bridgehead atoms. The standard InChI is InChI=1S/C17H13BrN4O2S/c1-23-13-8-7-10(9-14(13)24-2)16-21-22-15(19-20-17(22)25-16)11-5-3-4-6-12(11)18/h3-9H,1-2H3. The average molecular weight is 417 g/mol. The van der Waals surface area contributed by atoms with Gasteiger partial charge in [-0.25, -0.2) is 0 Å². The van der Waals surface area contributed by atoms with Crippen molar-refractivity contribution in [2.75, 3.05) is 14.2 Å². The molecule has 2 aromatic heterocycles. The van der Waals surface area contributed by atoms with Gasteiger partial charge in [-0.1, -0.05) is 39.4 Å². The Bertz CT molecular complexity index is 1060. The Morgan fingerprint density at radius 2 is 1.80 bits per heavy atom. The van der Waals surface area contributed by atoms with Gasteiger partial charge >= 0.3 is 0 Å². The van der Waals surface area contributed by atoms with Crippen molar-refractivity contribution in [2.45, 2.75) is 0 Å². The van der Waals surface area contributed by atoms with Crippen molar-refractivity contribution >= 4 is 32.2 Å².